The van der Waals surface area contributed by atoms with E-state index in [1.807, 2.05) is 0 Å². The van der Waals surface area contributed by atoms with E-state index in [2.05, 4.69) is 37.9 Å². The molecule has 0 spiro atoms. The van der Waals surface area contributed by atoms with Crippen LogP contribution < -0.4 is 5.32 Å². The predicted octanol–water partition coefficient (Wildman–Crippen LogP) is 4.06. The van der Waals surface area contributed by atoms with Crippen LogP contribution in [0.4, 0.5) is 0 Å². The lowest BCUT2D eigenvalue weighted by molar-refractivity contribution is 0.0501. The Labute approximate surface area is 126 Å². The normalized spacial score (nSPS) is 28.4. The number of hydrogen-bond donors (Lipinski definition) is 1. The van der Waals surface area contributed by atoms with Gasteiger partial charge in [-0.3, -0.25) is 4.90 Å². The van der Waals surface area contributed by atoms with E-state index in [-0.39, 0.29) is 0 Å². The van der Waals surface area contributed by atoms with Crippen LogP contribution in [0.15, 0.2) is 0 Å². The van der Waals surface area contributed by atoms with Gasteiger partial charge in [0.15, 0.2) is 0 Å². The molecule has 1 N–H and O–H groups in total. The fourth-order valence-corrected chi connectivity index (χ4v) is 4.28. The number of nitrogens with one attached hydrogen (secondary N) is 1. The Kier molecular flexibility index (Phi) is 5.92. The van der Waals surface area contributed by atoms with Gasteiger partial charge in [-0.05, 0) is 43.9 Å². The maximum absolute atomic E-state index is 3.90. The molecule has 0 aromatic heterocycles. The van der Waals surface area contributed by atoms with Crippen LogP contribution in [0.1, 0.15) is 72.6 Å². The molecule has 2 heteroatoms. The topological polar surface area (TPSA) is 15.3 Å². The van der Waals surface area contributed by atoms with Crippen molar-refractivity contribution >= 4 is 0 Å². The Morgan fingerprint density at radius 1 is 1.15 bits per heavy atom. The van der Waals surface area contributed by atoms with E-state index in [0.717, 1.165) is 17.9 Å². The molecule has 1 atom stereocenters. The van der Waals surface area contributed by atoms with Gasteiger partial charge in [0, 0.05) is 31.2 Å². The molecule has 2 aliphatic rings. The number of rotatable bonds is 6. The summed E-state index contributed by atoms with van der Waals surface area (Å²) >= 11 is 0. The van der Waals surface area contributed by atoms with Crippen molar-refractivity contribution in [1.82, 2.24) is 10.2 Å². The molecule has 1 aliphatic heterocycles. The van der Waals surface area contributed by atoms with Crippen molar-refractivity contribution < 1.29 is 0 Å². The van der Waals surface area contributed by atoms with E-state index >= 15 is 0 Å². The highest BCUT2D eigenvalue weighted by atomic mass is 15.3. The number of hydrogen-bond acceptors (Lipinski definition) is 2. The second kappa shape index (κ2) is 7.26. The van der Waals surface area contributed by atoms with Gasteiger partial charge in [-0.15, -0.1) is 0 Å². The largest absolute Gasteiger partial charge is 0.308 e. The lowest BCUT2D eigenvalue weighted by Gasteiger charge is -2.49. The van der Waals surface area contributed by atoms with E-state index in [1.54, 1.807) is 0 Å². The zero-order valence-electron chi connectivity index (χ0n) is 14.3. The molecule has 0 amide bonds. The van der Waals surface area contributed by atoms with Crippen molar-refractivity contribution in [1.29, 1.82) is 0 Å². The third-order valence-corrected chi connectivity index (χ3v) is 5.80. The van der Waals surface area contributed by atoms with Crippen molar-refractivity contribution in [3.05, 3.63) is 0 Å². The second-order valence-electron chi connectivity index (χ2n) is 7.73. The first-order chi connectivity index (χ1) is 9.58. The van der Waals surface area contributed by atoms with Gasteiger partial charge in [0.05, 0.1) is 0 Å². The van der Waals surface area contributed by atoms with Gasteiger partial charge in [0.2, 0.25) is 0 Å². The third-order valence-electron chi connectivity index (χ3n) is 5.80. The zero-order valence-corrected chi connectivity index (χ0v) is 14.3. The molecule has 0 aromatic carbocycles. The lowest BCUT2D eigenvalue weighted by atomic mass is 9.86. The summed E-state index contributed by atoms with van der Waals surface area (Å²) in [5, 5.41) is 3.90. The molecule has 0 bridgehead atoms. The average molecular weight is 280 g/mol. The first kappa shape index (κ1) is 16.3. The summed E-state index contributed by atoms with van der Waals surface area (Å²) in [6.07, 6.45) is 9.77. The minimum absolute atomic E-state index is 0.381. The summed E-state index contributed by atoms with van der Waals surface area (Å²) in [7, 11) is 0. The highest BCUT2D eigenvalue weighted by Crippen LogP contribution is 2.30. The summed E-state index contributed by atoms with van der Waals surface area (Å²) in [5.74, 6) is 1.79. The molecular weight excluding hydrogens is 244 g/mol. The van der Waals surface area contributed by atoms with Gasteiger partial charge in [-0.2, -0.15) is 0 Å². The molecule has 2 rings (SSSR count). The highest BCUT2D eigenvalue weighted by Gasteiger charge is 2.37. The van der Waals surface area contributed by atoms with E-state index in [0.29, 0.717) is 5.54 Å². The van der Waals surface area contributed by atoms with Crippen LogP contribution in [0.3, 0.4) is 0 Å². The Balaban J connectivity index is 2.01. The SMILES string of the molecule is CCC1(CC)CN(CC2CCCC2)C(CC(C)C)CN1. The Morgan fingerprint density at radius 2 is 1.80 bits per heavy atom. The molecule has 1 unspecified atom stereocenters. The molecule has 118 valence electrons. The summed E-state index contributed by atoms with van der Waals surface area (Å²) in [5.41, 5.74) is 0.381. The molecule has 1 heterocycles. The van der Waals surface area contributed by atoms with Crippen LogP contribution in [0, 0.1) is 11.8 Å². The highest BCUT2D eigenvalue weighted by molar-refractivity contribution is 4.97. The number of piperazine rings is 1. The van der Waals surface area contributed by atoms with Gasteiger partial charge < -0.3 is 5.32 Å². The van der Waals surface area contributed by atoms with Crippen molar-refractivity contribution in [3.63, 3.8) is 0 Å². The Bertz CT molecular complexity index is 277. The summed E-state index contributed by atoms with van der Waals surface area (Å²) in [6, 6.07) is 0.766. The van der Waals surface area contributed by atoms with Crippen LogP contribution in [0.25, 0.3) is 0 Å². The number of nitrogens with zero attached hydrogens (tertiary/aromatic N) is 1. The van der Waals surface area contributed by atoms with Gasteiger partial charge >= 0.3 is 0 Å². The first-order valence-electron chi connectivity index (χ1n) is 9.07. The van der Waals surface area contributed by atoms with Gasteiger partial charge in [-0.25, -0.2) is 0 Å². The second-order valence-corrected chi connectivity index (χ2v) is 7.73. The fraction of sp³-hybridized carbons (Fsp3) is 1.00. The van der Waals surface area contributed by atoms with Crippen LogP contribution in [0.5, 0.6) is 0 Å². The summed E-state index contributed by atoms with van der Waals surface area (Å²) in [6.45, 7) is 13.3. The van der Waals surface area contributed by atoms with Crippen LogP contribution in [0.2, 0.25) is 0 Å². The lowest BCUT2D eigenvalue weighted by Crippen LogP contribution is -2.64. The average Bonchev–Trinajstić information content (AvgIpc) is 2.93. The molecule has 20 heavy (non-hydrogen) atoms. The Hall–Kier alpha value is -0.0800. The quantitative estimate of drug-likeness (QED) is 0.789. The smallest absolute Gasteiger partial charge is 0.0304 e. The maximum Gasteiger partial charge on any atom is 0.0304 e. The monoisotopic (exact) mass is 280 g/mol. The first-order valence-corrected chi connectivity index (χ1v) is 9.07. The minimum atomic E-state index is 0.381. The van der Waals surface area contributed by atoms with E-state index in [4.69, 9.17) is 0 Å². The zero-order chi connectivity index (χ0) is 14.6. The van der Waals surface area contributed by atoms with Gasteiger partial charge in [0.1, 0.15) is 0 Å². The summed E-state index contributed by atoms with van der Waals surface area (Å²) in [4.78, 5) is 2.86. The van der Waals surface area contributed by atoms with Crippen LogP contribution in [-0.2, 0) is 0 Å². The van der Waals surface area contributed by atoms with Crippen molar-refractivity contribution in [2.75, 3.05) is 19.6 Å². The minimum Gasteiger partial charge on any atom is -0.308 e. The fourth-order valence-electron chi connectivity index (χ4n) is 4.28. The molecule has 1 saturated carbocycles. The van der Waals surface area contributed by atoms with Crippen molar-refractivity contribution in [2.45, 2.75) is 84.2 Å². The molecular formula is C18H36N2. The molecule has 0 aromatic rings. The van der Waals surface area contributed by atoms with E-state index in [9.17, 15) is 0 Å². The Morgan fingerprint density at radius 3 is 2.35 bits per heavy atom. The van der Waals surface area contributed by atoms with Crippen molar-refractivity contribution in [2.24, 2.45) is 11.8 Å². The van der Waals surface area contributed by atoms with E-state index in [1.165, 1.54) is 64.6 Å². The van der Waals surface area contributed by atoms with Crippen LogP contribution >= 0.6 is 0 Å². The van der Waals surface area contributed by atoms with E-state index < -0.39 is 0 Å². The van der Waals surface area contributed by atoms with Gasteiger partial charge in [-0.1, -0.05) is 40.5 Å². The molecule has 2 nitrogen and oxygen atoms in total. The standard InChI is InChI=1S/C18H36N2/c1-5-18(6-2)14-20(13-16-9-7-8-10-16)17(12-19-18)11-15(3)4/h15-17,19H,5-14H2,1-4H3. The third kappa shape index (κ3) is 3.98. The molecule has 1 aliphatic carbocycles. The van der Waals surface area contributed by atoms with Crippen molar-refractivity contribution in [3.8, 4) is 0 Å². The molecule has 0 radical (unpaired) electrons. The maximum atomic E-state index is 3.90. The molecule has 2 fully saturated rings. The molecule has 1 saturated heterocycles. The predicted molar refractivity (Wildman–Crippen MR) is 88.1 cm³/mol. The van der Waals surface area contributed by atoms with Gasteiger partial charge in [0.25, 0.3) is 0 Å². The van der Waals surface area contributed by atoms with Crippen LogP contribution in [-0.4, -0.2) is 36.1 Å². The summed E-state index contributed by atoms with van der Waals surface area (Å²) < 4.78 is 0.